The normalized spacial score (nSPS) is 11.1. The molecule has 0 fully saturated rings. The van der Waals surface area contributed by atoms with Gasteiger partial charge in [-0.1, -0.05) is 96.8 Å². The van der Waals surface area contributed by atoms with E-state index in [1.807, 2.05) is 0 Å². The van der Waals surface area contributed by atoms with Gasteiger partial charge in [-0.15, -0.1) is 0 Å². The monoisotopic (exact) mass is 375 g/mol. The summed E-state index contributed by atoms with van der Waals surface area (Å²) in [5.74, 6) is -0.653. The number of aliphatic carboxylic acids is 1. The third kappa shape index (κ3) is 40.1. The molecule has 25 heavy (non-hydrogen) atoms. The highest BCUT2D eigenvalue weighted by molar-refractivity contribution is 7.73. The first-order valence-electron chi connectivity index (χ1n) is 10.8. The van der Waals surface area contributed by atoms with Gasteiger partial charge >= 0.3 is 5.97 Å². The second-order valence-electron chi connectivity index (χ2n) is 8.78. The van der Waals surface area contributed by atoms with Crippen LogP contribution in [-0.4, -0.2) is 37.7 Å². The van der Waals surface area contributed by atoms with Crippen LogP contribution in [0.25, 0.3) is 0 Å². The Bertz CT molecular complexity index is 266. The molecular formula is C22H48O2P+. The Balaban J connectivity index is 0. The highest BCUT2D eigenvalue weighted by Gasteiger charge is 2.03. The third-order valence-electron chi connectivity index (χ3n) is 3.99. The molecule has 0 rings (SSSR count). The second kappa shape index (κ2) is 20.2. The molecule has 0 unspecified atom stereocenters. The zero-order valence-corrected chi connectivity index (χ0v) is 19.0. The number of carbonyl (C=O) groups is 1. The lowest BCUT2D eigenvalue weighted by Crippen LogP contribution is -1.93. The van der Waals surface area contributed by atoms with Crippen LogP contribution in [0.3, 0.4) is 0 Å². The molecule has 0 aromatic heterocycles. The lowest BCUT2D eigenvalue weighted by Gasteiger charge is -2.03. The molecule has 0 aromatic carbocycles. The largest absolute Gasteiger partial charge is 0.481 e. The molecule has 0 heterocycles. The molecule has 0 aliphatic rings. The predicted octanol–water partition coefficient (Wildman–Crippen LogP) is 7.86. The summed E-state index contributed by atoms with van der Waals surface area (Å²) >= 11 is 0. The van der Waals surface area contributed by atoms with Gasteiger partial charge in [0.05, 0.1) is 0 Å². The third-order valence-corrected chi connectivity index (χ3v) is 3.99. The zero-order valence-electron chi connectivity index (χ0n) is 18.1. The van der Waals surface area contributed by atoms with Crippen LogP contribution in [0.5, 0.6) is 0 Å². The van der Waals surface area contributed by atoms with Crippen molar-refractivity contribution in [2.24, 2.45) is 0 Å². The first kappa shape index (κ1) is 27.1. The maximum Gasteiger partial charge on any atom is 0.303 e. The van der Waals surface area contributed by atoms with E-state index in [9.17, 15) is 4.79 Å². The van der Waals surface area contributed by atoms with Crippen LogP contribution in [0.1, 0.15) is 110 Å². The van der Waals surface area contributed by atoms with E-state index in [-0.39, 0.29) is 7.26 Å². The van der Waals surface area contributed by atoms with Gasteiger partial charge in [0.15, 0.2) is 0 Å². The van der Waals surface area contributed by atoms with Gasteiger partial charge in [0, 0.05) is 40.3 Å². The van der Waals surface area contributed by atoms with Crippen LogP contribution in [0.4, 0.5) is 0 Å². The van der Waals surface area contributed by atoms with Crippen molar-refractivity contribution >= 4 is 13.2 Å². The van der Waals surface area contributed by atoms with Crippen molar-refractivity contribution < 1.29 is 9.90 Å². The van der Waals surface area contributed by atoms with E-state index < -0.39 is 5.97 Å². The minimum absolute atomic E-state index is 0.345. The van der Waals surface area contributed by atoms with E-state index in [0.29, 0.717) is 6.42 Å². The highest BCUT2D eigenvalue weighted by Crippen LogP contribution is 2.40. The van der Waals surface area contributed by atoms with Crippen LogP contribution in [-0.2, 0) is 4.79 Å². The summed E-state index contributed by atoms with van der Waals surface area (Å²) in [5, 5.41) is 8.52. The smallest absolute Gasteiger partial charge is 0.303 e. The lowest BCUT2D eigenvalue weighted by atomic mass is 10.0. The summed E-state index contributed by atoms with van der Waals surface area (Å²) < 4.78 is 0. The molecule has 0 aliphatic heterocycles. The van der Waals surface area contributed by atoms with Crippen molar-refractivity contribution in [3.8, 4) is 0 Å². The average Bonchev–Trinajstić information content (AvgIpc) is 2.49. The van der Waals surface area contributed by atoms with Gasteiger partial charge in [-0.3, -0.25) is 4.79 Å². The van der Waals surface area contributed by atoms with Crippen LogP contribution in [0.15, 0.2) is 0 Å². The van der Waals surface area contributed by atoms with Gasteiger partial charge in [-0.25, -0.2) is 0 Å². The molecule has 1 N–H and O–H groups in total. The van der Waals surface area contributed by atoms with Crippen LogP contribution in [0, 0.1) is 0 Å². The van der Waals surface area contributed by atoms with Crippen molar-refractivity contribution in [1.82, 2.24) is 0 Å². The molecule has 152 valence electrons. The number of rotatable bonds is 16. The number of carboxylic acids is 1. The molecule has 0 atom stereocenters. The van der Waals surface area contributed by atoms with E-state index in [4.69, 9.17) is 5.11 Å². The van der Waals surface area contributed by atoms with Gasteiger partial charge < -0.3 is 5.11 Å². The van der Waals surface area contributed by atoms with E-state index in [0.717, 1.165) is 12.8 Å². The molecular weight excluding hydrogens is 327 g/mol. The summed E-state index contributed by atoms with van der Waals surface area (Å²) in [4.78, 5) is 10.3. The maximum absolute atomic E-state index is 10.3. The molecule has 0 aromatic rings. The van der Waals surface area contributed by atoms with E-state index >= 15 is 0 Å². The Labute approximate surface area is 159 Å². The Kier molecular flexibility index (Phi) is 21.9. The van der Waals surface area contributed by atoms with E-state index in [1.165, 1.54) is 83.5 Å². The molecule has 0 spiro atoms. The number of hydrogen-bond donors (Lipinski definition) is 1. The van der Waals surface area contributed by atoms with Gasteiger partial charge in [-0.2, -0.15) is 0 Å². The van der Waals surface area contributed by atoms with Crippen molar-refractivity contribution in [2.45, 2.75) is 110 Å². The van der Waals surface area contributed by atoms with E-state index in [1.54, 1.807) is 0 Å². The Morgan fingerprint density at radius 3 is 1.08 bits per heavy atom. The van der Waals surface area contributed by atoms with Crippen molar-refractivity contribution in [3.05, 3.63) is 0 Å². The topological polar surface area (TPSA) is 37.3 Å². The fourth-order valence-electron chi connectivity index (χ4n) is 2.65. The standard InChI is InChI=1S/C18H36O2.C4H12P/c1-2-3-4-5-6-7-8-9-10-11-12-13-14-15-16-17-18(19)20;1-5(2,3)4/h2-17H2,1H3,(H,19,20);1-4H3/q;+1. The molecule has 3 heteroatoms. The van der Waals surface area contributed by atoms with Gasteiger partial charge in [0.2, 0.25) is 0 Å². The molecule has 0 saturated carbocycles. The first-order chi connectivity index (χ1) is 11.8. The van der Waals surface area contributed by atoms with Gasteiger partial charge in [-0.05, 0) is 6.42 Å². The molecule has 2 nitrogen and oxygen atoms in total. The quantitative estimate of drug-likeness (QED) is 0.220. The van der Waals surface area contributed by atoms with Crippen molar-refractivity contribution in [1.29, 1.82) is 0 Å². The predicted molar refractivity (Wildman–Crippen MR) is 118 cm³/mol. The molecule has 0 aliphatic carbocycles. The highest BCUT2D eigenvalue weighted by atomic mass is 31.2. The summed E-state index contributed by atoms with van der Waals surface area (Å²) in [6.07, 6.45) is 20.2. The van der Waals surface area contributed by atoms with Gasteiger partial charge in [0.25, 0.3) is 0 Å². The Hall–Kier alpha value is -0.100. The SMILES string of the molecule is CCCCCCCCCCCCCCCCCC(=O)O.C[P+](C)(C)C. The fraction of sp³-hybridized carbons (Fsp3) is 0.955. The summed E-state index contributed by atoms with van der Waals surface area (Å²) in [6, 6.07) is 0. The molecule has 0 saturated heterocycles. The molecule has 0 bridgehead atoms. The van der Waals surface area contributed by atoms with Crippen LogP contribution >= 0.6 is 7.26 Å². The number of carboxylic acid groups (broad SMARTS) is 1. The fourth-order valence-corrected chi connectivity index (χ4v) is 2.65. The molecule has 0 radical (unpaired) electrons. The minimum Gasteiger partial charge on any atom is -0.481 e. The maximum atomic E-state index is 10.3. The minimum atomic E-state index is -0.653. The number of unbranched alkanes of at least 4 members (excludes halogenated alkanes) is 14. The van der Waals surface area contributed by atoms with Crippen molar-refractivity contribution in [3.63, 3.8) is 0 Å². The Morgan fingerprint density at radius 2 is 0.840 bits per heavy atom. The zero-order chi connectivity index (χ0) is 19.4. The van der Waals surface area contributed by atoms with Crippen molar-refractivity contribution in [2.75, 3.05) is 26.7 Å². The van der Waals surface area contributed by atoms with Crippen LogP contribution < -0.4 is 0 Å². The van der Waals surface area contributed by atoms with Crippen LogP contribution in [0.2, 0.25) is 0 Å². The van der Waals surface area contributed by atoms with Gasteiger partial charge in [0.1, 0.15) is 0 Å². The van der Waals surface area contributed by atoms with E-state index in [2.05, 4.69) is 33.6 Å². The number of hydrogen-bond acceptors (Lipinski definition) is 1. The summed E-state index contributed by atoms with van der Waals surface area (Å²) in [6.45, 7) is 11.5. The lowest BCUT2D eigenvalue weighted by molar-refractivity contribution is -0.137. The summed E-state index contributed by atoms with van der Waals surface area (Å²) in [7, 11) is -0.389. The first-order valence-corrected chi connectivity index (χ1v) is 14.4. The summed E-state index contributed by atoms with van der Waals surface area (Å²) in [5.41, 5.74) is 0. The second-order valence-corrected chi connectivity index (χ2v) is 14.1. The average molecular weight is 376 g/mol. The molecule has 0 amide bonds. The Morgan fingerprint density at radius 1 is 0.600 bits per heavy atom.